The molecule has 5 rings (SSSR count). The van der Waals surface area contributed by atoms with Crippen molar-refractivity contribution in [3.63, 3.8) is 0 Å². The lowest BCUT2D eigenvalue weighted by molar-refractivity contribution is 0.0793. The Hall–Kier alpha value is -3.91. The fourth-order valence-electron chi connectivity index (χ4n) is 4.02. The molecule has 6 nitrogen and oxygen atoms in total. The summed E-state index contributed by atoms with van der Waals surface area (Å²) < 4.78 is 15.5. The number of nitrogens with zero attached hydrogens (tertiary/aromatic N) is 4. The van der Waals surface area contributed by atoms with Gasteiger partial charge >= 0.3 is 0 Å². The van der Waals surface area contributed by atoms with Crippen LogP contribution >= 0.6 is 11.8 Å². The van der Waals surface area contributed by atoms with Gasteiger partial charge in [0.25, 0.3) is 5.91 Å². The number of aromatic nitrogens is 4. The first kappa shape index (κ1) is 23.8. The Labute approximate surface area is 213 Å². The number of imidazole rings is 1. The number of hydrogen-bond acceptors (Lipinski definition) is 4. The number of aryl methyl sites for hydroxylation is 1. The van der Waals surface area contributed by atoms with E-state index in [0.717, 1.165) is 46.1 Å². The molecule has 0 unspecified atom stereocenters. The highest BCUT2D eigenvalue weighted by Crippen LogP contribution is 2.23. The van der Waals surface area contributed by atoms with Crippen molar-refractivity contribution in [1.29, 1.82) is 0 Å². The predicted octanol–water partition coefficient (Wildman–Crippen LogP) is 5.86. The predicted molar refractivity (Wildman–Crippen MR) is 140 cm³/mol. The number of pyridine rings is 1. The van der Waals surface area contributed by atoms with Crippen molar-refractivity contribution in [2.75, 3.05) is 13.6 Å². The lowest BCUT2D eigenvalue weighted by Gasteiger charge is -2.17. The average molecular weight is 500 g/mol. The second kappa shape index (κ2) is 10.8. The van der Waals surface area contributed by atoms with Crippen LogP contribution in [0.1, 0.15) is 28.2 Å². The van der Waals surface area contributed by atoms with Crippen LogP contribution in [0.5, 0.6) is 0 Å². The number of carbonyl (C=O) groups excluding carboxylic acids is 1. The van der Waals surface area contributed by atoms with E-state index in [-0.39, 0.29) is 11.7 Å². The molecule has 0 aliphatic carbocycles. The highest BCUT2D eigenvalue weighted by atomic mass is 32.2. The van der Waals surface area contributed by atoms with E-state index in [1.54, 1.807) is 22.7 Å². The summed E-state index contributed by atoms with van der Waals surface area (Å²) in [7, 11) is 1.82. The van der Waals surface area contributed by atoms with E-state index in [1.165, 1.54) is 12.1 Å². The summed E-state index contributed by atoms with van der Waals surface area (Å²) >= 11 is 1.70. The van der Waals surface area contributed by atoms with E-state index in [2.05, 4.69) is 15.2 Å². The standard InChI is InChI=1S/C28H26FN5OS/c1-33(14-5-8-23-17-26(32-31-23)21-6-4-7-22(29)16-21)28(35)20-10-12-25(13-11-20)36-19-24-18-34-15-3-2-9-27(34)30-24/h2-4,6-7,9-13,15-18H,5,8,14,19H2,1H3,(H,31,32). The zero-order valence-electron chi connectivity index (χ0n) is 19.9. The van der Waals surface area contributed by atoms with E-state index < -0.39 is 0 Å². The molecule has 0 aliphatic rings. The van der Waals surface area contributed by atoms with E-state index in [4.69, 9.17) is 0 Å². The molecule has 0 saturated heterocycles. The monoisotopic (exact) mass is 499 g/mol. The summed E-state index contributed by atoms with van der Waals surface area (Å²) in [5, 5.41) is 7.29. The molecule has 0 aliphatic heterocycles. The molecular formula is C28H26FN5OS. The minimum Gasteiger partial charge on any atom is -0.342 e. The van der Waals surface area contributed by atoms with Crippen LogP contribution in [0.2, 0.25) is 0 Å². The van der Waals surface area contributed by atoms with Crippen LogP contribution in [-0.2, 0) is 12.2 Å². The Kier molecular flexibility index (Phi) is 7.13. The lowest BCUT2D eigenvalue weighted by Crippen LogP contribution is -2.28. The molecule has 0 radical (unpaired) electrons. The Balaban J connectivity index is 1.10. The van der Waals surface area contributed by atoms with Gasteiger partial charge < -0.3 is 9.30 Å². The first-order valence-corrected chi connectivity index (χ1v) is 12.7. The van der Waals surface area contributed by atoms with Gasteiger partial charge in [-0.05, 0) is 67.4 Å². The van der Waals surface area contributed by atoms with E-state index in [9.17, 15) is 9.18 Å². The van der Waals surface area contributed by atoms with Crippen molar-refractivity contribution in [3.8, 4) is 11.3 Å². The van der Waals surface area contributed by atoms with Crippen molar-refractivity contribution >= 4 is 23.3 Å². The van der Waals surface area contributed by atoms with Gasteiger partial charge in [-0.2, -0.15) is 5.10 Å². The number of hydrogen-bond donors (Lipinski definition) is 1. The van der Waals surface area contributed by atoms with Gasteiger partial charge in [-0.25, -0.2) is 9.37 Å². The molecule has 0 spiro atoms. The molecular weight excluding hydrogens is 473 g/mol. The number of benzene rings is 2. The first-order valence-electron chi connectivity index (χ1n) is 11.8. The summed E-state index contributed by atoms with van der Waals surface area (Å²) in [6.07, 6.45) is 5.58. The van der Waals surface area contributed by atoms with Gasteiger partial charge in [0.15, 0.2) is 0 Å². The molecule has 5 aromatic rings. The number of halogens is 1. The van der Waals surface area contributed by atoms with Gasteiger partial charge in [-0.3, -0.25) is 9.89 Å². The minimum absolute atomic E-state index is 0.00281. The molecule has 8 heteroatoms. The maximum Gasteiger partial charge on any atom is 0.253 e. The van der Waals surface area contributed by atoms with E-state index in [1.807, 2.05) is 78.4 Å². The molecule has 0 atom stereocenters. The number of fused-ring (bicyclic) bond motifs is 1. The van der Waals surface area contributed by atoms with E-state index in [0.29, 0.717) is 17.8 Å². The van der Waals surface area contributed by atoms with Crippen LogP contribution in [-0.4, -0.2) is 44.0 Å². The van der Waals surface area contributed by atoms with Gasteiger partial charge in [0, 0.05) is 53.5 Å². The van der Waals surface area contributed by atoms with Gasteiger partial charge in [-0.1, -0.05) is 18.2 Å². The van der Waals surface area contributed by atoms with Crippen LogP contribution in [0.25, 0.3) is 16.9 Å². The number of amides is 1. The molecule has 36 heavy (non-hydrogen) atoms. The lowest BCUT2D eigenvalue weighted by atomic mass is 10.1. The molecule has 1 amide bonds. The Morgan fingerprint density at radius 2 is 1.94 bits per heavy atom. The topological polar surface area (TPSA) is 66.3 Å². The number of nitrogens with one attached hydrogen (secondary N) is 1. The highest BCUT2D eigenvalue weighted by Gasteiger charge is 2.12. The largest absolute Gasteiger partial charge is 0.342 e. The van der Waals surface area contributed by atoms with Crippen molar-refractivity contribution in [3.05, 3.63) is 108 Å². The number of carbonyl (C=O) groups is 1. The number of thioether (sulfide) groups is 1. The number of rotatable bonds is 9. The van der Waals surface area contributed by atoms with Gasteiger partial charge in [0.1, 0.15) is 11.5 Å². The molecule has 182 valence electrons. The summed E-state index contributed by atoms with van der Waals surface area (Å²) in [4.78, 5) is 20.3. The maximum atomic E-state index is 13.5. The van der Waals surface area contributed by atoms with Gasteiger partial charge in [0.2, 0.25) is 0 Å². The Morgan fingerprint density at radius 1 is 1.08 bits per heavy atom. The molecule has 1 N–H and O–H groups in total. The van der Waals surface area contributed by atoms with Gasteiger partial charge in [0.05, 0.1) is 11.4 Å². The van der Waals surface area contributed by atoms with Crippen LogP contribution in [0.15, 0.2) is 90.1 Å². The van der Waals surface area contributed by atoms with Crippen LogP contribution in [0.4, 0.5) is 4.39 Å². The van der Waals surface area contributed by atoms with E-state index >= 15 is 0 Å². The molecule has 0 bridgehead atoms. The zero-order chi connectivity index (χ0) is 24.9. The first-order chi connectivity index (χ1) is 17.5. The summed E-state index contributed by atoms with van der Waals surface area (Å²) in [6.45, 7) is 0.623. The Morgan fingerprint density at radius 3 is 2.75 bits per heavy atom. The summed E-state index contributed by atoms with van der Waals surface area (Å²) in [5.74, 6) is 0.483. The Bertz CT molecular complexity index is 1440. The summed E-state index contributed by atoms with van der Waals surface area (Å²) in [5.41, 5.74) is 5.05. The van der Waals surface area contributed by atoms with Crippen molar-refractivity contribution in [1.82, 2.24) is 24.5 Å². The average Bonchev–Trinajstić information content (AvgIpc) is 3.54. The molecule has 2 aromatic carbocycles. The third-order valence-corrected chi connectivity index (χ3v) is 6.99. The smallest absolute Gasteiger partial charge is 0.253 e. The summed E-state index contributed by atoms with van der Waals surface area (Å²) in [6, 6.07) is 22.0. The normalized spacial score (nSPS) is 11.2. The SMILES string of the molecule is CN(CCCc1cc(-c2cccc(F)c2)n[nH]1)C(=O)c1ccc(SCc2cn3ccccc3n2)cc1. The van der Waals surface area contributed by atoms with Crippen LogP contribution in [0, 0.1) is 5.82 Å². The molecule has 0 saturated carbocycles. The number of H-pyrrole nitrogens is 1. The molecule has 0 fully saturated rings. The fourth-order valence-corrected chi connectivity index (χ4v) is 4.80. The van der Waals surface area contributed by atoms with Crippen molar-refractivity contribution < 1.29 is 9.18 Å². The third-order valence-electron chi connectivity index (χ3n) is 5.94. The van der Waals surface area contributed by atoms with Crippen molar-refractivity contribution in [2.45, 2.75) is 23.5 Å². The van der Waals surface area contributed by atoms with Gasteiger partial charge in [-0.15, -0.1) is 11.8 Å². The highest BCUT2D eigenvalue weighted by molar-refractivity contribution is 7.98. The van der Waals surface area contributed by atoms with Crippen LogP contribution < -0.4 is 0 Å². The molecule has 3 heterocycles. The third kappa shape index (κ3) is 5.66. The second-order valence-electron chi connectivity index (χ2n) is 8.63. The quantitative estimate of drug-likeness (QED) is 0.258. The van der Waals surface area contributed by atoms with Crippen LogP contribution in [0.3, 0.4) is 0 Å². The zero-order valence-corrected chi connectivity index (χ0v) is 20.7. The second-order valence-corrected chi connectivity index (χ2v) is 9.68. The van der Waals surface area contributed by atoms with Crippen molar-refractivity contribution in [2.24, 2.45) is 0 Å². The maximum absolute atomic E-state index is 13.5. The number of aromatic amines is 1. The fraction of sp³-hybridized carbons (Fsp3) is 0.179. The minimum atomic E-state index is -0.282. The molecule has 3 aromatic heterocycles.